The predicted octanol–water partition coefficient (Wildman–Crippen LogP) is 0.798. The van der Waals surface area contributed by atoms with Gasteiger partial charge < -0.3 is 14.7 Å². The molecule has 1 unspecified atom stereocenters. The van der Waals surface area contributed by atoms with Crippen LogP contribution in [0.1, 0.15) is 10.4 Å². The van der Waals surface area contributed by atoms with Gasteiger partial charge in [-0.2, -0.15) is 5.10 Å². The molecule has 7 heteroatoms. The van der Waals surface area contributed by atoms with Crippen molar-refractivity contribution in [3.8, 4) is 5.69 Å². The van der Waals surface area contributed by atoms with Crippen LogP contribution >= 0.6 is 0 Å². The Kier molecular flexibility index (Phi) is 3.88. The molecule has 7 nitrogen and oxygen atoms in total. The van der Waals surface area contributed by atoms with Crippen molar-refractivity contribution in [1.82, 2.24) is 14.7 Å². The standard InChI is InChI=1S/C15H15N3O4/c19-14(17-6-7-22-10-13(17)15(20)21)11-8-16-18(9-11)12-4-2-1-3-5-12/h1-5,8-9,13H,6-7,10H2,(H,20,21). The third-order valence-electron chi connectivity index (χ3n) is 3.52. The second-order valence-corrected chi connectivity index (χ2v) is 4.94. The lowest BCUT2D eigenvalue weighted by Gasteiger charge is -2.32. The molecule has 1 amide bonds. The Bertz CT molecular complexity index is 683. The predicted molar refractivity (Wildman–Crippen MR) is 76.8 cm³/mol. The smallest absolute Gasteiger partial charge is 0.328 e. The Hall–Kier alpha value is -2.67. The minimum Gasteiger partial charge on any atom is -0.480 e. The third-order valence-corrected chi connectivity index (χ3v) is 3.52. The lowest BCUT2D eigenvalue weighted by atomic mass is 10.2. The number of ether oxygens (including phenoxy) is 1. The largest absolute Gasteiger partial charge is 0.480 e. The SMILES string of the molecule is O=C(O)C1COCCN1C(=O)c1cnn(-c2ccccc2)c1. The topological polar surface area (TPSA) is 84.7 Å². The van der Waals surface area contributed by atoms with Crippen molar-refractivity contribution >= 4 is 11.9 Å². The van der Waals surface area contributed by atoms with Gasteiger partial charge >= 0.3 is 5.97 Å². The summed E-state index contributed by atoms with van der Waals surface area (Å²) in [6, 6.07) is 8.43. The Labute approximate surface area is 126 Å². The van der Waals surface area contributed by atoms with Crippen LogP contribution in [0.5, 0.6) is 0 Å². The van der Waals surface area contributed by atoms with E-state index in [-0.39, 0.29) is 19.1 Å². The number of carbonyl (C=O) groups is 2. The summed E-state index contributed by atoms with van der Waals surface area (Å²) in [7, 11) is 0. The number of morpholine rings is 1. The summed E-state index contributed by atoms with van der Waals surface area (Å²) < 4.78 is 6.73. The van der Waals surface area contributed by atoms with Crippen molar-refractivity contribution < 1.29 is 19.4 Å². The molecule has 1 fully saturated rings. The highest BCUT2D eigenvalue weighted by molar-refractivity contribution is 5.96. The number of aromatic nitrogens is 2. The molecule has 1 atom stereocenters. The van der Waals surface area contributed by atoms with E-state index in [1.165, 1.54) is 11.1 Å². The number of aliphatic carboxylic acids is 1. The molecule has 0 saturated carbocycles. The van der Waals surface area contributed by atoms with E-state index < -0.39 is 12.0 Å². The van der Waals surface area contributed by atoms with E-state index in [9.17, 15) is 14.7 Å². The molecular formula is C15H15N3O4. The number of para-hydroxylation sites is 1. The van der Waals surface area contributed by atoms with Gasteiger partial charge in [-0.3, -0.25) is 4.79 Å². The number of carboxylic acid groups (broad SMARTS) is 1. The van der Waals surface area contributed by atoms with Gasteiger partial charge in [0.25, 0.3) is 5.91 Å². The van der Waals surface area contributed by atoms with E-state index in [2.05, 4.69) is 5.10 Å². The summed E-state index contributed by atoms with van der Waals surface area (Å²) in [5.41, 5.74) is 1.19. The molecule has 0 bridgehead atoms. The number of carboxylic acids is 1. The van der Waals surface area contributed by atoms with E-state index in [1.54, 1.807) is 10.9 Å². The number of carbonyl (C=O) groups excluding carboxylic acids is 1. The number of nitrogens with zero attached hydrogens (tertiary/aromatic N) is 3. The maximum atomic E-state index is 12.5. The average molecular weight is 301 g/mol. The van der Waals surface area contributed by atoms with Gasteiger partial charge in [0.2, 0.25) is 0 Å². The fourth-order valence-corrected chi connectivity index (χ4v) is 2.37. The van der Waals surface area contributed by atoms with Gasteiger partial charge in [0, 0.05) is 12.7 Å². The van der Waals surface area contributed by atoms with Crippen LogP contribution < -0.4 is 0 Å². The average Bonchev–Trinajstić information content (AvgIpc) is 3.05. The van der Waals surface area contributed by atoms with Gasteiger partial charge in [-0.1, -0.05) is 18.2 Å². The summed E-state index contributed by atoms with van der Waals surface area (Å²) in [5.74, 6) is -1.42. The minimum absolute atomic E-state index is 0.00783. The van der Waals surface area contributed by atoms with Gasteiger partial charge in [-0.15, -0.1) is 0 Å². The van der Waals surface area contributed by atoms with E-state index in [0.29, 0.717) is 12.2 Å². The highest BCUT2D eigenvalue weighted by Crippen LogP contribution is 2.14. The van der Waals surface area contributed by atoms with Gasteiger partial charge in [0.05, 0.1) is 30.7 Å². The third kappa shape index (κ3) is 2.71. The summed E-state index contributed by atoms with van der Waals surface area (Å²) in [6.45, 7) is 0.600. The number of amides is 1. The molecule has 0 spiro atoms. The van der Waals surface area contributed by atoms with Gasteiger partial charge in [-0.25, -0.2) is 9.48 Å². The van der Waals surface area contributed by atoms with Crippen molar-refractivity contribution in [2.75, 3.05) is 19.8 Å². The zero-order valence-corrected chi connectivity index (χ0v) is 11.8. The Morgan fingerprint density at radius 1 is 1.27 bits per heavy atom. The maximum Gasteiger partial charge on any atom is 0.328 e. The molecule has 2 aromatic rings. The number of hydrogen-bond donors (Lipinski definition) is 1. The fraction of sp³-hybridized carbons (Fsp3) is 0.267. The van der Waals surface area contributed by atoms with E-state index in [0.717, 1.165) is 5.69 Å². The second-order valence-electron chi connectivity index (χ2n) is 4.94. The Balaban J connectivity index is 1.83. The fourth-order valence-electron chi connectivity index (χ4n) is 2.37. The molecule has 1 saturated heterocycles. The molecular weight excluding hydrogens is 286 g/mol. The Morgan fingerprint density at radius 2 is 2.05 bits per heavy atom. The first-order valence-electron chi connectivity index (χ1n) is 6.88. The van der Waals surface area contributed by atoms with Crippen LogP contribution in [0.25, 0.3) is 5.69 Å². The van der Waals surface area contributed by atoms with Crippen LogP contribution in [0.3, 0.4) is 0 Å². The molecule has 22 heavy (non-hydrogen) atoms. The maximum absolute atomic E-state index is 12.5. The highest BCUT2D eigenvalue weighted by Gasteiger charge is 2.33. The Morgan fingerprint density at radius 3 is 2.77 bits per heavy atom. The molecule has 1 aromatic heterocycles. The number of rotatable bonds is 3. The van der Waals surface area contributed by atoms with Crippen LogP contribution in [-0.2, 0) is 9.53 Å². The first-order chi connectivity index (χ1) is 10.7. The lowest BCUT2D eigenvalue weighted by Crippen LogP contribution is -2.52. The van der Waals surface area contributed by atoms with Crippen molar-refractivity contribution in [2.24, 2.45) is 0 Å². The number of hydrogen-bond acceptors (Lipinski definition) is 4. The quantitative estimate of drug-likeness (QED) is 0.906. The first kappa shape index (κ1) is 14.3. The zero-order valence-electron chi connectivity index (χ0n) is 11.8. The molecule has 2 heterocycles. The monoisotopic (exact) mass is 301 g/mol. The molecule has 1 aromatic carbocycles. The summed E-state index contributed by atoms with van der Waals surface area (Å²) in [4.78, 5) is 25.1. The minimum atomic E-state index is -1.07. The van der Waals surface area contributed by atoms with Crippen LogP contribution in [0, 0.1) is 0 Å². The molecule has 1 aliphatic rings. The first-order valence-corrected chi connectivity index (χ1v) is 6.88. The van der Waals surface area contributed by atoms with Gasteiger partial charge in [0.1, 0.15) is 0 Å². The van der Waals surface area contributed by atoms with Gasteiger partial charge in [0.15, 0.2) is 6.04 Å². The molecule has 1 N–H and O–H groups in total. The zero-order chi connectivity index (χ0) is 15.5. The lowest BCUT2D eigenvalue weighted by molar-refractivity contribution is -0.147. The second kappa shape index (κ2) is 5.98. The van der Waals surface area contributed by atoms with Crippen LogP contribution in [0.15, 0.2) is 42.7 Å². The van der Waals surface area contributed by atoms with E-state index in [1.807, 2.05) is 30.3 Å². The summed E-state index contributed by atoms with van der Waals surface area (Å²) in [5, 5.41) is 13.4. The van der Waals surface area contributed by atoms with Crippen molar-refractivity contribution in [3.05, 3.63) is 48.3 Å². The van der Waals surface area contributed by atoms with Crippen molar-refractivity contribution in [2.45, 2.75) is 6.04 Å². The highest BCUT2D eigenvalue weighted by atomic mass is 16.5. The van der Waals surface area contributed by atoms with Crippen LogP contribution in [0.4, 0.5) is 0 Å². The summed E-state index contributed by atoms with van der Waals surface area (Å²) >= 11 is 0. The van der Waals surface area contributed by atoms with Crippen LogP contribution in [-0.4, -0.2) is 57.5 Å². The van der Waals surface area contributed by atoms with Crippen LogP contribution in [0.2, 0.25) is 0 Å². The van der Waals surface area contributed by atoms with Gasteiger partial charge in [-0.05, 0) is 12.1 Å². The van der Waals surface area contributed by atoms with Crippen molar-refractivity contribution in [3.63, 3.8) is 0 Å². The molecule has 114 valence electrons. The summed E-state index contributed by atoms with van der Waals surface area (Å²) in [6.07, 6.45) is 3.05. The molecule has 0 radical (unpaired) electrons. The molecule has 3 rings (SSSR count). The normalized spacial score (nSPS) is 18.2. The van der Waals surface area contributed by atoms with Crippen molar-refractivity contribution in [1.29, 1.82) is 0 Å². The molecule has 1 aliphatic heterocycles. The number of benzene rings is 1. The van der Waals surface area contributed by atoms with E-state index in [4.69, 9.17) is 4.74 Å². The molecule has 0 aliphatic carbocycles. The van der Waals surface area contributed by atoms with E-state index >= 15 is 0 Å².